The van der Waals surface area contributed by atoms with E-state index in [-0.39, 0.29) is 18.2 Å². The van der Waals surface area contributed by atoms with Crippen LogP contribution < -0.4 is 15.4 Å². The van der Waals surface area contributed by atoms with Crippen LogP contribution in [0.3, 0.4) is 0 Å². The molecule has 6 nitrogen and oxygen atoms in total. The van der Waals surface area contributed by atoms with Gasteiger partial charge in [-0.2, -0.15) is 0 Å². The number of carbonyl (C=O) groups excluding carboxylic acids is 1. The van der Waals surface area contributed by atoms with Crippen LogP contribution in [0, 0.1) is 0 Å². The van der Waals surface area contributed by atoms with Crippen LogP contribution in [0.15, 0.2) is 28.8 Å². The molecule has 124 valence electrons. The van der Waals surface area contributed by atoms with Gasteiger partial charge in [0.05, 0.1) is 10.0 Å². The van der Waals surface area contributed by atoms with Crippen molar-refractivity contribution in [2.45, 2.75) is 13.5 Å². The van der Waals surface area contributed by atoms with E-state index in [9.17, 15) is 4.79 Å². The van der Waals surface area contributed by atoms with Gasteiger partial charge in [0.1, 0.15) is 6.61 Å². The molecule has 1 aromatic carbocycles. The number of hydrogen-bond acceptors (Lipinski definition) is 5. The van der Waals surface area contributed by atoms with Crippen molar-refractivity contribution in [2.24, 2.45) is 0 Å². The average molecular weight is 358 g/mol. The number of halogens is 2. The SMILES string of the molecule is CCNCCNC(=O)c1cc(COc2c(Cl)cccc2Cl)on1. The van der Waals surface area contributed by atoms with E-state index >= 15 is 0 Å². The van der Waals surface area contributed by atoms with Crippen molar-refractivity contribution in [3.05, 3.63) is 45.8 Å². The molecule has 0 spiro atoms. The highest BCUT2D eigenvalue weighted by atomic mass is 35.5. The Morgan fingerprint density at radius 3 is 2.74 bits per heavy atom. The molecule has 1 heterocycles. The summed E-state index contributed by atoms with van der Waals surface area (Å²) in [5, 5.41) is 10.4. The van der Waals surface area contributed by atoms with Crippen LogP contribution in [0.1, 0.15) is 23.2 Å². The van der Waals surface area contributed by atoms with Gasteiger partial charge < -0.3 is 19.9 Å². The highest BCUT2D eigenvalue weighted by molar-refractivity contribution is 6.37. The lowest BCUT2D eigenvalue weighted by Gasteiger charge is -2.07. The van der Waals surface area contributed by atoms with Crippen molar-refractivity contribution < 1.29 is 14.1 Å². The predicted octanol–water partition coefficient (Wildman–Crippen LogP) is 2.90. The molecule has 2 N–H and O–H groups in total. The van der Waals surface area contributed by atoms with E-state index in [0.29, 0.717) is 34.6 Å². The first-order valence-electron chi connectivity index (χ1n) is 7.13. The fraction of sp³-hybridized carbons (Fsp3) is 0.333. The summed E-state index contributed by atoms with van der Waals surface area (Å²) in [7, 11) is 0. The molecule has 0 bridgehead atoms. The number of rotatable bonds is 8. The third-order valence-electron chi connectivity index (χ3n) is 2.91. The summed E-state index contributed by atoms with van der Waals surface area (Å²) in [6, 6.07) is 6.59. The fourth-order valence-corrected chi connectivity index (χ4v) is 2.29. The summed E-state index contributed by atoms with van der Waals surface area (Å²) < 4.78 is 10.6. The van der Waals surface area contributed by atoms with E-state index in [2.05, 4.69) is 15.8 Å². The smallest absolute Gasteiger partial charge is 0.273 e. The molecule has 0 saturated carbocycles. The summed E-state index contributed by atoms with van der Waals surface area (Å²) in [6.07, 6.45) is 0. The zero-order valence-electron chi connectivity index (χ0n) is 12.6. The molecule has 0 radical (unpaired) electrons. The van der Waals surface area contributed by atoms with Crippen LogP contribution in [0.5, 0.6) is 5.75 Å². The van der Waals surface area contributed by atoms with Gasteiger partial charge in [-0.1, -0.05) is 41.3 Å². The van der Waals surface area contributed by atoms with E-state index in [0.717, 1.165) is 6.54 Å². The van der Waals surface area contributed by atoms with Gasteiger partial charge in [0, 0.05) is 19.2 Å². The third-order valence-corrected chi connectivity index (χ3v) is 3.50. The maximum absolute atomic E-state index is 11.9. The molecule has 23 heavy (non-hydrogen) atoms. The van der Waals surface area contributed by atoms with Gasteiger partial charge in [-0.3, -0.25) is 4.79 Å². The first-order chi connectivity index (χ1) is 11.1. The van der Waals surface area contributed by atoms with Crippen LogP contribution in [-0.4, -0.2) is 30.7 Å². The Balaban J connectivity index is 1.88. The number of ether oxygens (including phenoxy) is 1. The van der Waals surface area contributed by atoms with Crippen LogP contribution >= 0.6 is 23.2 Å². The minimum Gasteiger partial charge on any atom is -0.482 e. The van der Waals surface area contributed by atoms with Gasteiger partial charge in [0.15, 0.2) is 17.2 Å². The van der Waals surface area contributed by atoms with Crippen molar-refractivity contribution in [2.75, 3.05) is 19.6 Å². The van der Waals surface area contributed by atoms with E-state index in [1.54, 1.807) is 18.2 Å². The second kappa shape index (κ2) is 8.76. The molecular weight excluding hydrogens is 341 g/mol. The number of para-hydroxylation sites is 1. The summed E-state index contributed by atoms with van der Waals surface area (Å²) in [5.74, 6) is 0.468. The van der Waals surface area contributed by atoms with Crippen molar-refractivity contribution in [1.82, 2.24) is 15.8 Å². The zero-order valence-corrected chi connectivity index (χ0v) is 14.1. The number of hydrogen-bond donors (Lipinski definition) is 2. The summed E-state index contributed by atoms with van der Waals surface area (Å²) >= 11 is 12.0. The molecule has 0 aliphatic carbocycles. The maximum Gasteiger partial charge on any atom is 0.273 e. The van der Waals surface area contributed by atoms with Crippen molar-refractivity contribution in [3.63, 3.8) is 0 Å². The predicted molar refractivity (Wildman–Crippen MR) is 88.2 cm³/mol. The highest BCUT2D eigenvalue weighted by Gasteiger charge is 2.13. The number of nitrogens with one attached hydrogen (secondary N) is 2. The Morgan fingerprint density at radius 2 is 2.04 bits per heavy atom. The van der Waals surface area contributed by atoms with Gasteiger partial charge in [0.2, 0.25) is 0 Å². The molecule has 8 heteroatoms. The Bertz CT molecular complexity index is 641. The van der Waals surface area contributed by atoms with E-state index < -0.39 is 0 Å². The van der Waals surface area contributed by atoms with E-state index in [1.165, 1.54) is 6.07 Å². The zero-order chi connectivity index (χ0) is 16.7. The molecule has 2 rings (SSSR count). The first-order valence-corrected chi connectivity index (χ1v) is 7.88. The molecule has 0 fully saturated rings. The molecule has 0 saturated heterocycles. The number of nitrogens with zero attached hydrogens (tertiary/aromatic N) is 1. The standard InChI is InChI=1S/C15H17Cl2N3O3/c1-2-18-6-7-19-15(21)13-8-10(23-20-13)9-22-14-11(16)4-3-5-12(14)17/h3-5,8,18H,2,6-7,9H2,1H3,(H,19,21). The Kier molecular flexibility index (Phi) is 6.70. The second-order valence-corrected chi connectivity index (χ2v) is 5.44. The second-order valence-electron chi connectivity index (χ2n) is 4.63. The van der Waals surface area contributed by atoms with Gasteiger partial charge in [-0.05, 0) is 18.7 Å². The minimum atomic E-state index is -0.298. The highest BCUT2D eigenvalue weighted by Crippen LogP contribution is 2.32. The molecule has 1 aromatic heterocycles. The topological polar surface area (TPSA) is 76.4 Å². The lowest BCUT2D eigenvalue weighted by molar-refractivity contribution is 0.0944. The lowest BCUT2D eigenvalue weighted by Crippen LogP contribution is -2.31. The summed E-state index contributed by atoms with van der Waals surface area (Å²) in [5.41, 5.74) is 0.199. The van der Waals surface area contributed by atoms with Gasteiger partial charge in [-0.25, -0.2) is 0 Å². The number of amides is 1. The molecule has 2 aromatic rings. The van der Waals surface area contributed by atoms with E-state index in [1.807, 2.05) is 6.92 Å². The third kappa shape index (κ3) is 5.13. The van der Waals surface area contributed by atoms with Gasteiger partial charge >= 0.3 is 0 Å². The van der Waals surface area contributed by atoms with Crippen LogP contribution in [-0.2, 0) is 6.61 Å². The molecule has 0 atom stereocenters. The van der Waals surface area contributed by atoms with Gasteiger partial charge in [0.25, 0.3) is 5.91 Å². The lowest BCUT2D eigenvalue weighted by atomic mass is 10.3. The van der Waals surface area contributed by atoms with E-state index in [4.69, 9.17) is 32.5 Å². The minimum absolute atomic E-state index is 0.0706. The first kappa shape index (κ1) is 17.6. The van der Waals surface area contributed by atoms with Crippen molar-refractivity contribution >= 4 is 29.1 Å². The Morgan fingerprint density at radius 1 is 1.30 bits per heavy atom. The summed E-state index contributed by atoms with van der Waals surface area (Å²) in [6.45, 7) is 4.13. The molecule has 0 unspecified atom stereocenters. The average Bonchev–Trinajstić information content (AvgIpc) is 3.00. The largest absolute Gasteiger partial charge is 0.482 e. The normalized spacial score (nSPS) is 10.6. The Labute approximate surface area is 144 Å². The number of likely N-dealkylation sites (N-methyl/N-ethyl adjacent to an activating group) is 1. The van der Waals surface area contributed by atoms with Crippen LogP contribution in [0.25, 0.3) is 0 Å². The molecule has 1 amide bonds. The fourth-order valence-electron chi connectivity index (χ4n) is 1.78. The summed E-state index contributed by atoms with van der Waals surface area (Å²) in [4.78, 5) is 11.9. The number of benzene rings is 1. The molecular formula is C15H17Cl2N3O3. The van der Waals surface area contributed by atoms with Crippen LogP contribution in [0.2, 0.25) is 10.0 Å². The van der Waals surface area contributed by atoms with Gasteiger partial charge in [-0.15, -0.1) is 0 Å². The Hall–Kier alpha value is -1.76. The molecule has 0 aliphatic rings. The van der Waals surface area contributed by atoms with Crippen molar-refractivity contribution in [1.29, 1.82) is 0 Å². The van der Waals surface area contributed by atoms with Crippen molar-refractivity contribution in [3.8, 4) is 5.75 Å². The quantitative estimate of drug-likeness (QED) is 0.710. The van der Waals surface area contributed by atoms with Crippen LogP contribution in [0.4, 0.5) is 0 Å². The number of aromatic nitrogens is 1. The maximum atomic E-state index is 11.9. The monoisotopic (exact) mass is 357 g/mol. The molecule has 0 aliphatic heterocycles. The number of carbonyl (C=O) groups is 1.